The normalized spacial score (nSPS) is 11.3. The maximum Gasteiger partial charge on any atom is 0.155 e. The van der Waals surface area contributed by atoms with E-state index in [9.17, 15) is 0 Å². The summed E-state index contributed by atoms with van der Waals surface area (Å²) in [5, 5.41) is 6.66. The van der Waals surface area contributed by atoms with Crippen LogP contribution in [0.15, 0.2) is 60.8 Å². The van der Waals surface area contributed by atoms with Crippen molar-refractivity contribution in [3.8, 4) is 5.82 Å². The van der Waals surface area contributed by atoms with Crippen LogP contribution in [0.25, 0.3) is 27.6 Å². The predicted octanol–water partition coefficient (Wildman–Crippen LogP) is 3.03. The molecule has 4 heteroatoms. The van der Waals surface area contributed by atoms with Crippen molar-refractivity contribution in [3.05, 3.63) is 66.4 Å². The molecule has 2 aromatic carbocycles. The molecule has 0 amide bonds. The Hall–Kier alpha value is -2.72. The summed E-state index contributed by atoms with van der Waals surface area (Å²) < 4.78 is 1.86. The Labute approximate surface area is 121 Å². The molecule has 0 unspecified atom stereocenters. The Kier molecular flexibility index (Phi) is 2.69. The number of aromatic nitrogens is 3. The van der Waals surface area contributed by atoms with Crippen LogP contribution < -0.4 is 5.73 Å². The van der Waals surface area contributed by atoms with Gasteiger partial charge in [0.25, 0.3) is 0 Å². The van der Waals surface area contributed by atoms with Crippen molar-refractivity contribution in [1.82, 2.24) is 14.8 Å². The number of rotatable bonds is 2. The molecule has 4 rings (SSSR count). The van der Waals surface area contributed by atoms with Gasteiger partial charge in [-0.2, -0.15) is 5.10 Å². The molecule has 0 aliphatic heterocycles. The molecular formula is C17H14N4. The minimum atomic E-state index is 0.481. The second-order valence-corrected chi connectivity index (χ2v) is 4.98. The molecule has 0 fully saturated rings. The molecule has 21 heavy (non-hydrogen) atoms. The van der Waals surface area contributed by atoms with E-state index in [2.05, 4.69) is 11.2 Å². The van der Waals surface area contributed by atoms with E-state index >= 15 is 0 Å². The summed E-state index contributed by atoms with van der Waals surface area (Å²) in [5.41, 5.74) is 8.96. The summed E-state index contributed by atoms with van der Waals surface area (Å²) in [6.45, 7) is 0.481. The van der Waals surface area contributed by atoms with Crippen LogP contribution in [-0.4, -0.2) is 14.8 Å². The maximum atomic E-state index is 5.89. The molecule has 0 aliphatic rings. The van der Waals surface area contributed by atoms with Crippen LogP contribution in [0.5, 0.6) is 0 Å². The Bertz CT molecular complexity index is 940. The smallest absolute Gasteiger partial charge is 0.155 e. The Balaban J connectivity index is 2.02. The van der Waals surface area contributed by atoms with Gasteiger partial charge in [-0.3, -0.25) is 0 Å². The lowest BCUT2D eigenvalue weighted by Crippen LogP contribution is -2.04. The number of pyridine rings is 1. The van der Waals surface area contributed by atoms with Gasteiger partial charge in [-0.15, -0.1) is 0 Å². The lowest BCUT2D eigenvalue weighted by atomic mass is 10.1. The molecule has 0 saturated heterocycles. The first-order valence-electron chi connectivity index (χ1n) is 6.89. The monoisotopic (exact) mass is 274 g/mol. The van der Waals surface area contributed by atoms with Crippen molar-refractivity contribution in [2.75, 3.05) is 0 Å². The average Bonchev–Trinajstić information content (AvgIpc) is 2.98. The van der Waals surface area contributed by atoms with Gasteiger partial charge in [-0.25, -0.2) is 9.67 Å². The van der Waals surface area contributed by atoms with Gasteiger partial charge in [0.15, 0.2) is 5.82 Å². The van der Waals surface area contributed by atoms with Crippen molar-refractivity contribution >= 4 is 21.8 Å². The summed E-state index contributed by atoms with van der Waals surface area (Å²) >= 11 is 0. The highest BCUT2D eigenvalue weighted by molar-refractivity contribution is 5.84. The molecule has 2 heterocycles. The highest BCUT2D eigenvalue weighted by Crippen LogP contribution is 2.22. The summed E-state index contributed by atoms with van der Waals surface area (Å²) in [5.74, 6) is 0.801. The number of hydrogen-bond donors (Lipinski definition) is 1. The van der Waals surface area contributed by atoms with E-state index < -0.39 is 0 Å². The molecular weight excluding hydrogens is 260 g/mol. The molecule has 0 radical (unpaired) electrons. The van der Waals surface area contributed by atoms with Gasteiger partial charge in [0, 0.05) is 17.3 Å². The van der Waals surface area contributed by atoms with Crippen LogP contribution in [0, 0.1) is 0 Å². The molecule has 0 spiro atoms. The van der Waals surface area contributed by atoms with E-state index in [-0.39, 0.29) is 0 Å². The fourth-order valence-corrected chi connectivity index (χ4v) is 2.66. The molecule has 0 bridgehead atoms. The third-order valence-corrected chi connectivity index (χ3v) is 3.70. The third kappa shape index (κ3) is 1.88. The van der Waals surface area contributed by atoms with Crippen LogP contribution in [0.1, 0.15) is 5.56 Å². The second kappa shape index (κ2) is 4.68. The lowest BCUT2D eigenvalue weighted by Gasteiger charge is -2.09. The van der Waals surface area contributed by atoms with Gasteiger partial charge in [-0.1, -0.05) is 36.4 Å². The van der Waals surface area contributed by atoms with E-state index in [0.717, 1.165) is 33.2 Å². The van der Waals surface area contributed by atoms with Crippen LogP contribution in [0.2, 0.25) is 0 Å². The lowest BCUT2D eigenvalue weighted by molar-refractivity contribution is 0.876. The minimum Gasteiger partial charge on any atom is -0.326 e. The third-order valence-electron chi connectivity index (χ3n) is 3.70. The predicted molar refractivity (Wildman–Crippen MR) is 84.3 cm³/mol. The molecule has 102 valence electrons. The first kappa shape index (κ1) is 12.1. The van der Waals surface area contributed by atoms with E-state index in [0.29, 0.717) is 6.54 Å². The Morgan fingerprint density at radius 2 is 1.81 bits per heavy atom. The molecule has 0 atom stereocenters. The van der Waals surface area contributed by atoms with E-state index in [1.54, 1.807) is 0 Å². The number of benzene rings is 2. The van der Waals surface area contributed by atoms with Gasteiger partial charge >= 0.3 is 0 Å². The standard InChI is InChI=1S/C17H14N4/c18-10-13-9-17(20-15-7-3-2-6-14(13)15)21-16-8-4-1-5-12(16)11-19-21/h1-9,11H,10,18H2. The molecule has 0 aliphatic carbocycles. The van der Waals surface area contributed by atoms with E-state index in [1.165, 1.54) is 0 Å². The van der Waals surface area contributed by atoms with E-state index in [4.69, 9.17) is 10.7 Å². The second-order valence-electron chi connectivity index (χ2n) is 4.98. The van der Waals surface area contributed by atoms with Crippen molar-refractivity contribution in [3.63, 3.8) is 0 Å². The van der Waals surface area contributed by atoms with Gasteiger partial charge in [0.1, 0.15) is 0 Å². The molecule has 2 N–H and O–H groups in total. The zero-order chi connectivity index (χ0) is 14.2. The van der Waals surface area contributed by atoms with Gasteiger partial charge < -0.3 is 5.73 Å². The molecule has 4 aromatic rings. The number of hydrogen-bond acceptors (Lipinski definition) is 3. The number of nitrogens with two attached hydrogens (primary N) is 1. The summed E-state index contributed by atoms with van der Waals surface area (Å²) in [6.07, 6.45) is 1.86. The number of fused-ring (bicyclic) bond motifs is 2. The first-order chi connectivity index (χ1) is 10.4. The van der Waals surface area contributed by atoms with Gasteiger partial charge in [0.2, 0.25) is 0 Å². The van der Waals surface area contributed by atoms with Gasteiger partial charge in [-0.05, 0) is 23.8 Å². The topological polar surface area (TPSA) is 56.7 Å². The SMILES string of the molecule is NCc1cc(-n2ncc3ccccc32)nc2ccccc12. The minimum absolute atomic E-state index is 0.481. The van der Waals surface area contributed by atoms with Crippen LogP contribution >= 0.6 is 0 Å². The summed E-state index contributed by atoms with van der Waals surface area (Å²) in [6, 6.07) is 18.2. The summed E-state index contributed by atoms with van der Waals surface area (Å²) in [7, 11) is 0. The van der Waals surface area contributed by atoms with Crippen LogP contribution in [0.3, 0.4) is 0 Å². The first-order valence-corrected chi connectivity index (χ1v) is 6.89. The van der Waals surface area contributed by atoms with Gasteiger partial charge in [0.05, 0.1) is 17.2 Å². The molecule has 4 nitrogen and oxygen atoms in total. The van der Waals surface area contributed by atoms with Crippen molar-refractivity contribution in [2.45, 2.75) is 6.54 Å². The Morgan fingerprint density at radius 3 is 2.71 bits per heavy atom. The summed E-state index contributed by atoms with van der Waals surface area (Å²) in [4.78, 5) is 4.72. The van der Waals surface area contributed by atoms with Crippen molar-refractivity contribution < 1.29 is 0 Å². The molecule has 2 aromatic heterocycles. The highest BCUT2D eigenvalue weighted by Gasteiger charge is 2.09. The quantitative estimate of drug-likeness (QED) is 0.611. The average molecular weight is 274 g/mol. The Morgan fingerprint density at radius 1 is 1.00 bits per heavy atom. The zero-order valence-electron chi connectivity index (χ0n) is 11.4. The highest BCUT2D eigenvalue weighted by atomic mass is 15.3. The maximum absolute atomic E-state index is 5.89. The number of para-hydroxylation sites is 2. The van der Waals surface area contributed by atoms with E-state index in [1.807, 2.05) is 59.4 Å². The largest absolute Gasteiger partial charge is 0.326 e. The zero-order valence-corrected chi connectivity index (χ0v) is 11.4. The fraction of sp³-hybridized carbons (Fsp3) is 0.0588. The fourth-order valence-electron chi connectivity index (χ4n) is 2.66. The van der Waals surface area contributed by atoms with Crippen molar-refractivity contribution in [2.24, 2.45) is 5.73 Å². The van der Waals surface area contributed by atoms with Crippen LogP contribution in [0.4, 0.5) is 0 Å². The molecule has 0 saturated carbocycles. The number of nitrogens with zero attached hydrogens (tertiary/aromatic N) is 3. The van der Waals surface area contributed by atoms with Crippen molar-refractivity contribution in [1.29, 1.82) is 0 Å². The van der Waals surface area contributed by atoms with Crippen LogP contribution in [-0.2, 0) is 6.54 Å².